The van der Waals surface area contributed by atoms with Gasteiger partial charge in [0.15, 0.2) is 0 Å². The first-order valence-electron chi connectivity index (χ1n) is 8.53. The van der Waals surface area contributed by atoms with Crippen LogP contribution in [-0.2, 0) is 15.9 Å². The zero-order valence-electron chi connectivity index (χ0n) is 14.9. The maximum absolute atomic E-state index is 13.3. The van der Waals surface area contributed by atoms with Crippen LogP contribution in [0.4, 0.5) is 18.4 Å². The van der Waals surface area contributed by atoms with Gasteiger partial charge in [0.1, 0.15) is 29.9 Å². The topological polar surface area (TPSA) is 114 Å². The third-order valence-electron chi connectivity index (χ3n) is 4.11. The second kappa shape index (κ2) is 9.47. The number of benzene rings is 1. The second-order valence-corrected chi connectivity index (χ2v) is 6.23. The maximum atomic E-state index is 13.3. The summed E-state index contributed by atoms with van der Waals surface area (Å²) in [4.78, 5) is 24.1. The molecule has 3 atom stereocenters. The summed E-state index contributed by atoms with van der Waals surface area (Å²) in [5.74, 6) is -1.56. The van der Waals surface area contributed by atoms with Crippen molar-refractivity contribution < 1.29 is 33.0 Å². The summed E-state index contributed by atoms with van der Waals surface area (Å²) in [6.45, 7) is 3.09. The molecule has 1 heterocycles. The van der Waals surface area contributed by atoms with E-state index in [0.717, 1.165) is 12.1 Å². The summed E-state index contributed by atoms with van der Waals surface area (Å²) < 4.78 is 36.7. The van der Waals surface area contributed by atoms with Crippen molar-refractivity contribution in [2.24, 2.45) is 5.73 Å². The number of nitrogens with one attached hydrogen (secondary N) is 1. The third kappa shape index (κ3) is 6.33. The number of aliphatic hydroxyl groups is 1. The Kier molecular flexibility index (Phi) is 7.31. The van der Waals surface area contributed by atoms with Crippen molar-refractivity contribution in [3.8, 4) is 0 Å². The van der Waals surface area contributed by atoms with Crippen LogP contribution in [0.5, 0.6) is 0 Å². The van der Waals surface area contributed by atoms with Crippen molar-refractivity contribution in [1.29, 1.82) is 0 Å². The molecule has 1 aromatic carbocycles. The number of cyclic esters (lactones) is 1. The third-order valence-corrected chi connectivity index (χ3v) is 4.11. The Bertz CT molecular complexity index is 656. The zero-order valence-corrected chi connectivity index (χ0v) is 14.9. The number of amides is 2. The maximum Gasteiger partial charge on any atom is 0.410 e. The molecule has 8 nitrogen and oxygen atoms in total. The highest BCUT2D eigenvalue weighted by Crippen LogP contribution is 2.14. The van der Waals surface area contributed by atoms with Gasteiger partial charge in [0.05, 0.1) is 6.54 Å². The molecule has 1 saturated heterocycles. The fourth-order valence-electron chi connectivity index (χ4n) is 2.83. The molecule has 2 rings (SSSR count). The van der Waals surface area contributed by atoms with Gasteiger partial charge in [-0.1, -0.05) is 0 Å². The number of likely N-dealkylation sites (N-methyl/N-ethyl adjacent to an activating group) is 1. The normalized spacial score (nSPS) is 18.9. The van der Waals surface area contributed by atoms with Crippen LogP contribution < -0.4 is 11.1 Å². The summed E-state index contributed by atoms with van der Waals surface area (Å²) in [5, 5.41) is 13.2. The Balaban J connectivity index is 1.89. The van der Waals surface area contributed by atoms with E-state index in [1.807, 2.05) is 6.92 Å². The van der Waals surface area contributed by atoms with Gasteiger partial charge in [-0.05, 0) is 24.6 Å². The van der Waals surface area contributed by atoms with Crippen molar-refractivity contribution in [2.45, 2.75) is 31.7 Å². The second-order valence-electron chi connectivity index (χ2n) is 6.23. The highest BCUT2D eigenvalue weighted by Gasteiger charge is 2.30. The number of ether oxygens (including phenoxy) is 2. The van der Waals surface area contributed by atoms with E-state index in [-0.39, 0.29) is 31.2 Å². The molecule has 1 aliphatic rings. The lowest BCUT2D eigenvalue weighted by Crippen LogP contribution is -2.43. The Morgan fingerprint density at radius 2 is 2.11 bits per heavy atom. The molecule has 0 saturated carbocycles. The minimum absolute atomic E-state index is 0.00405. The summed E-state index contributed by atoms with van der Waals surface area (Å²) >= 11 is 0. The van der Waals surface area contributed by atoms with Crippen LogP contribution in [0.3, 0.4) is 0 Å². The van der Waals surface area contributed by atoms with Gasteiger partial charge in [-0.15, -0.1) is 0 Å². The van der Waals surface area contributed by atoms with Crippen LogP contribution in [0, 0.1) is 11.6 Å². The quantitative estimate of drug-likeness (QED) is 0.577. The molecule has 150 valence electrons. The van der Waals surface area contributed by atoms with Gasteiger partial charge in [-0.2, -0.15) is 0 Å². The highest BCUT2D eigenvalue weighted by molar-refractivity contribution is 5.69. The van der Waals surface area contributed by atoms with Crippen molar-refractivity contribution in [2.75, 3.05) is 26.2 Å². The zero-order chi connectivity index (χ0) is 20.0. The van der Waals surface area contributed by atoms with Crippen LogP contribution in [-0.4, -0.2) is 66.7 Å². The van der Waals surface area contributed by atoms with Crippen LogP contribution in [0.1, 0.15) is 12.5 Å². The monoisotopic (exact) mass is 387 g/mol. The van der Waals surface area contributed by atoms with Crippen LogP contribution in [0.15, 0.2) is 18.2 Å². The lowest BCUT2D eigenvalue weighted by Gasteiger charge is -2.23. The summed E-state index contributed by atoms with van der Waals surface area (Å²) in [6, 6.07) is 2.88. The molecule has 4 N–H and O–H groups in total. The van der Waals surface area contributed by atoms with Crippen molar-refractivity contribution in [3.63, 3.8) is 0 Å². The summed E-state index contributed by atoms with van der Waals surface area (Å²) in [5.41, 5.74) is 5.22. The lowest BCUT2D eigenvalue weighted by atomic mass is 10.0. The van der Waals surface area contributed by atoms with Crippen LogP contribution in [0.2, 0.25) is 0 Å². The number of carbonyl (C=O) groups excluding carboxylic acids is 2. The molecular weight excluding hydrogens is 364 g/mol. The van der Waals surface area contributed by atoms with E-state index in [1.165, 1.54) is 0 Å². The van der Waals surface area contributed by atoms with E-state index in [1.54, 1.807) is 4.90 Å². The minimum Gasteiger partial charge on any atom is -0.443 e. The molecular formula is C17H23F2N3O5. The van der Waals surface area contributed by atoms with Gasteiger partial charge < -0.3 is 30.5 Å². The SMILES string of the molecule is CCN1C[C@@H](CNC[C@H](O)[C@H](Cc2cc(F)cc(F)c2)OC(N)=O)OC1=O. The Hall–Kier alpha value is -2.46. The molecule has 10 heteroatoms. The standard InChI is InChI=1S/C17H23F2N3O5/c1-2-22-9-13(26-17(22)25)7-21-8-14(23)15(27-16(20)24)5-10-3-11(18)6-12(19)4-10/h3-4,6,13-15,21,23H,2,5,7-9H2,1H3,(H2,20,24)/t13-,14+,15+/m1/s1. The Labute approximate surface area is 155 Å². The number of halogens is 2. The number of hydrogen-bond acceptors (Lipinski definition) is 6. The van der Waals surface area contributed by atoms with Gasteiger partial charge in [0, 0.05) is 32.1 Å². The average Bonchev–Trinajstić information content (AvgIpc) is 2.92. The van der Waals surface area contributed by atoms with E-state index < -0.39 is 36.0 Å². The first-order valence-corrected chi connectivity index (χ1v) is 8.53. The molecule has 1 fully saturated rings. The summed E-state index contributed by atoms with van der Waals surface area (Å²) in [6.07, 6.45) is -4.29. The first kappa shape index (κ1) is 20.8. The van der Waals surface area contributed by atoms with Gasteiger partial charge in [-0.3, -0.25) is 0 Å². The highest BCUT2D eigenvalue weighted by atomic mass is 19.1. The molecule has 0 radical (unpaired) electrons. The van der Waals surface area contributed by atoms with E-state index in [0.29, 0.717) is 19.2 Å². The van der Waals surface area contributed by atoms with Crippen LogP contribution in [0.25, 0.3) is 0 Å². The molecule has 0 unspecified atom stereocenters. The fraction of sp³-hybridized carbons (Fsp3) is 0.529. The minimum atomic E-state index is -1.19. The number of primary amides is 1. The predicted octanol–water partition coefficient (Wildman–Crippen LogP) is 0.762. The number of aliphatic hydroxyl groups excluding tert-OH is 1. The van der Waals surface area contributed by atoms with E-state index in [2.05, 4.69) is 5.32 Å². The fourth-order valence-corrected chi connectivity index (χ4v) is 2.83. The molecule has 0 aromatic heterocycles. The number of nitrogens with two attached hydrogens (primary N) is 1. The number of rotatable bonds is 9. The smallest absolute Gasteiger partial charge is 0.410 e. The van der Waals surface area contributed by atoms with Crippen molar-refractivity contribution in [1.82, 2.24) is 10.2 Å². The number of nitrogens with zero attached hydrogens (tertiary/aromatic N) is 1. The number of hydrogen-bond donors (Lipinski definition) is 3. The molecule has 0 spiro atoms. The van der Waals surface area contributed by atoms with E-state index in [4.69, 9.17) is 15.2 Å². The van der Waals surface area contributed by atoms with Gasteiger partial charge in [-0.25, -0.2) is 18.4 Å². The molecule has 2 amide bonds. The van der Waals surface area contributed by atoms with Crippen molar-refractivity contribution in [3.05, 3.63) is 35.4 Å². The van der Waals surface area contributed by atoms with E-state index in [9.17, 15) is 23.5 Å². The largest absolute Gasteiger partial charge is 0.443 e. The molecule has 0 bridgehead atoms. The first-order chi connectivity index (χ1) is 12.8. The van der Waals surface area contributed by atoms with E-state index >= 15 is 0 Å². The summed E-state index contributed by atoms with van der Waals surface area (Å²) in [7, 11) is 0. The van der Waals surface area contributed by atoms with Crippen LogP contribution >= 0.6 is 0 Å². The Morgan fingerprint density at radius 3 is 2.67 bits per heavy atom. The van der Waals surface area contributed by atoms with Gasteiger partial charge in [0.2, 0.25) is 0 Å². The van der Waals surface area contributed by atoms with Crippen molar-refractivity contribution >= 4 is 12.2 Å². The molecule has 1 aliphatic heterocycles. The van der Waals surface area contributed by atoms with Gasteiger partial charge in [0.25, 0.3) is 0 Å². The molecule has 27 heavy (non-hydrogen) atoms. The molecule has 0 aliphatic carbocycles. The average molecular weight is 387 g/mol. The lowest BCUT2D eigenvalue weighted by molar-refractivity contribution is 0.00633. The molecule has 1 aromatic rings. The Morgan fingerprint density at radius 1 is 1.44 bits per heavy atom. The number of carbonyl (C=O) groups is 2. The predicted molar refractivity (Wildman–Crippen MR) is 90.9 cm³/mol. The van der Waals surface area contributed by atoms with Gasteiger partial charge >= 0.3 is 12.2 Å².